The molecule has 8 heteroatoms. The number of benzene rings is 2. The van der Waals surface area contributed by atoms with E-state index in [0.29, 0.717) is 28.8 Å². The van der Waals surface area contributed by atoms with Crippen LogP contribution in [0.3, 0.4) is 0 Å². The molecule has 1 aliphatic rings. The maximum absolute atomic E-state index is 12.4. The Hall–Kier alpha value is -3.39. The van der Waals surface area contributed by atoms with E-state index in [1.807, 2.05) is 68.4 Å². The Bertz CT molecular complexity index is 1100. The van der Waals surface area contributed by atoms with Crippen molar-refractivity contribution in [3.63, 3.8) is 0 Å². The Morgan fingerprint density at radius 3 is 2.55 bits per heavy atom. The highest BCUT2D eigenvalue weighted by Crippen LogP contribution is 2.31. The van der Waals surface area contributed by atoms with Crippen LogP contribution in [0.5, 0.6) is 5.75 Å². The van der Waals surface area contributed by atoms with Crippen molar-refractivity contribution in [2.24, 2.45) is 0 Å². The van der Waals surface area contributed by atoms with E-state index < -0.39 is 0 Å². The average molecular weight is 435 g/mol. The summed E-state index contributed by atoms with van der Waals surface area (Å²) < 4.78 is 5.43. The van der Waals surface area contributed by atoms with Gasteiger partial charge in [0.2, 0.25) is 5.91 Å². The van der Waals surface area contributed by atoms with E-state index in [4.69, 9.17) is 4.74 Å². The molecule has 7 nitrogen and oxygen atoms in total. The number of rotatable bonds is 6. The van der Waals surface area contributed by atoms with Crippen LogP contribution in [0.15, 0.2) is 64.6 Å². The minimum atomic E-state index is -0.158. The van der Waals surface area contributed by atoms with Crippen molar-refractivity contribution in [3.8, 4) is 5.75 Å². The van der Waals surface area contributed by atoms with Gasteiger partial charge in [0, 0.05) is 34.9 Å². The molecule has 2 heterocycles. The zero-order valence-corrected chi connectivity index (χ0v) is 18.1. The molecule has 0 saturated carbocycles. The van der Waals surface area contributed by atoms with Gasteiger partial charge in [0.15, 0.2) is 11.8 Å². The summed E-state index contributed by atoms with van der Waals surface area (Å²) in [7, 11) is 0. The number of carbonyl (C=O) groups excluding carboxylic acids is 2. The lowest BCUT2D eigenvalue weighted by molar-refractivity contribution is -0.121. The molecule has 0 saturated heterocycles. The number of nitrogens with zero attached hydrogens (tertiary/aromatic N) is 3. The molecule has 1 aromatic heterocycles. The highest BCUT2D eigenvalue weighted by atomic mass is 32.2. The van der Waals surface area contributed by atoms with Crippen LogP contribution in [0.4, 0.5) is 11.4 Å². The van der Waals surface area contributed by atoms with Crippen LogP contribution in [0.2, 0.25) is 0 Å². The molecule has 0 unspecified atom stereocenters. The van der Waals surface area contributed by atoms with E-state index in [1.165, 1.54) is 11.8 Å². The maximum atomic E-state index is 12.4. The fraction of sp³-hybridized carbons (Fsp3) is 0.217. The van der Waals surface area contributed by atoms with Gasteiger partial charge in [-0.25, -0.2) is 9.97 Å². The quantitative estimate of drug-likeness (QED) is 0.591. The minimum absolute atomic E-state index is 0.0120. The van der Waals surface area contributed by atoms with E-state index in [2.05, 4.69) is 15.3 Å². The molecule has 158 valence electrons. The van der Waals surface area contributed by atoms with Gasteiger partial charge in [-0.15, -0.1) is 0 Å². The molecule has 3 aromatic rings. The van der Waals surface area contributed by atoms with Crippen molar-refractivity contribution in [2.45, 2.75) is 30.3 Å². The normalized spacial score (nSPS) is 12.8. The zero-order valence-electron chi connectivity index (χ0n) is 17.3. The lowest BCUT2D eigenvalue weighted by Gasteiger charge is -2.29. The monoisotopic (exact) mass is 434 g/mol. The SMILES string of the molecule is Cc1cc(C)nc(Sc2ccc(NC(=O)CCN3C(=O)COc4ccccc43)cc2)n1. The molecule has 2 aromatic carbocycles. The number of hydrogen-bond donors (Lipinski definition) is 1. The summed E-state index contributed by atoms with van der Waals surface area (Å²) in [6, 6.07) is 16.8. The van der Waals surface area contributed by atoms with Crippen molar-refractivity contribution in [1.82, 2.24) is 9.97 Å². The molecule has 0 aliphatic carbocycles. The number of nitrogens with one attached hydrogen (secondary N) is 1. The van der Waals surface area contributed by atoms with E-state index in [-0.39, 0.29) is 24.8 Å². The van der Waals surface area contributed by atoms with Gasteiger partial charge < -0.3 is 15.0 Å². The number of fused-ring (bicyclic) bond motifs is 1. The van der Waals surface area contributed by atoms with Crippen LogP contribution in [0.1, 0.15) is 17.8 Å². The Kier molecular flexibility index (Phi) is 6.18. The van der Waals surface area contributed by atoms with Gasteiger partial charge in [-0.05, 0) is 68.1 Å². The van der Waals surface area contributed by atoms with Crippen molar-refractivity contribution in [2.75, 3.05) is 23.4 Å². The van der Waals surface area contributed by atoms with E-state index in [9.17, 15) is 9.59 Å². The highest BCUT2D eigenvalue weighted by Gasteiger charge is 2.25. The van der Waals surface area contributed by atoms with Crippen LogP contribution < -0.4 is 15.0 Å². The third-order valence-electron chi connectivity index (χ3n) is 4.68. The van der Waals surface area contributed by atoms with Crippen LogP contribution in [0.25, 0.3) is 0 Å². The number of carbonyl (C=O) groups is 2. The van der Waals surface area contributed by atoms with Crippen LogP contribution in [0, 0.1) is 13.8 Å². The van der Waals surface area contributed by atoms with Gasteiger partial charge in [-0.2, -0.15) is 0 Å². The second-order valence-corrected chi connectivity index (χ2v) is 8.20. The predicted molar refractivity (Wildman–Crippen MR) is 120 cm³/mol. The molecule has 31 heavy (non-hydrogen) atoms. The Balaban J connectivity index is 1.33. The summed E-state index contributed by atoms with van der Waals surface area (Å²) in [5.74, 6) is 0.347. The summed E-state index contributed by atoms with van der Waals surface area (Å²) in [4.78, 5) is 36.1. The maximum Gasteiger partial charge on any atom is 0.265 e. The summed E-state index contributed by atoms with van der Waals surface area (Å²) in [5.41, 5.74) is 3.26. The first-order chi connectivity index (χ1) is 15.0. The molecular formula is C23H22N4O3S. The Morgan fingerprint density at radius 1 is 1.10 bits per heavy atom. The van der Waals surface area contributed by atoms with Gasteiger partial charge in [0.25, 0.3) is 5.91 Å². The first-order valence-electron chi connectivity index (χ1n) is 9.90. The number of hydrogen-bond acceptors (Lipinski definition) is 6. The summed E-state index contributed by atoms with van der Waals surface area (Å²) in [6.07, 6.45) is 0.187. The van der Waals surface area contributed by atoms with Crippen molar-refractivity contribution in [3.05, 3.63) is 66.0 Å². The number of aromatic nitrogens is 2. The molecule has 0 fully saturated rings. The molecular weight excluding hydrogens is 412 g/mol. The average Bonchev–Trinajstić information content (AvgIpc) is 2.74. The molecule has 1 aliphatic heterocycles. The Labute approximate surface area is 184 Å². The van der Waals surface area contributed by atoms with E-state index >= 15 is 0 Å². The lowest BCUT2D eigenvalue weighted by Crippen LogP contribution is -2.40. The molecule has 0 bridgehead atoms. The zero-order chi connectivity index (χ0) is 21.8. The minimum Gasteiger partial charge on any atom is -0.482 e. The number of ether oxygens (including phenoxy) is 1. The van der Waals surface area contributed by atoms with Gasteiger partial charge >= 0.3 is 0 Å². The second kappa shape index (κ2) is 9.18. The van der Waals surface area contributed by atoms with Crippen LogP contribution in [-0.2, 0) is 9.59 Å². The molecule has 4 rings (SSSR count). The lowest BCUT2D eigenvalue weighted by atomic mass is 10.2. The first kappa shape index (κ1) is 20.9. The number of amides is 2. The van der Waals surface area contributed by atoms with Crippen molar-refractivity contribution < 1.29 is 14.3 Å². The van der Waals surface area contributed by atoms with Crippen LogP contribution in [-0.4, -0.2) is 34.9 Å². The predicted octanol–water partition coefficient (Wildman–Crippen LogP) is 4.00. The topological polar surface area (TPSA) is 84.4 Å². The largest absolute Gasteiger partial charge is 0.482 e. The molecule has 0 atom stereocenters. The smallest absolute Gasteiger partial charge is 0.265 e. The standard InChI is InChI=1S/C23H22N4O3S/c1-15-13-16(2)25-23(24-15)31-18-9-7-17(8-10-18)26-21(28)11-12-27-19-5-3-4-6-20(19)30-14-22(27)29/h3-10,13H,11-12,14H2,1-2H3,(H,26,28). The first-order valence-corrected chi connectivity index (χ1v) is 10.7. The highest BCUT2D eigenvalue weighted by molar-refractivity contribution is 7.99. The number of para-hydroxylation sites is 2. The number of anilines is 2. The summed E-state index contributed by atoms with van der Waals surface area (Å²) in [6.45, 7) is 4.17. The third kappa shape index (κ3) is 5.21. The molecule has 2 amide bonds. The van der Waals surface area contributed by atoms with E-state index in [1.54, 1.807) is 4.90 Å². The Morgan fingerprint density at radius 2 is 1.81 bits per heavy atom. The molecule has 0 radical (unpaired) electrons. The van der Waals surface area contributed by atoms with Gasteiger partial charge in [0.05, 0.1) is 5.69 Å². The van der Waals surface area contributed by atoms with Gasteiger partial charge in [-0.3, -0.25) is 9.59 Å². The number of aryl methyl sites for hydroxylation is 2. The third-order valence-corrected chi connectivity index (χ3v) is 5.55. The fourth-order valence-electron chi connectivity index (χ4n) is 3.29. The van der Waals surface area contributed by atoms with Crippen molar-refractivity contribution >= 4 is 35.0 Å². The van der Waals surface area contributed by atoms with Gasteiger partial charge in [0.1, 0.15) is 5.75 Å². The molecule has 0 spiro atoms. The van der Waals surface area contributed by atoms with Crippen molar-refractivity contribution in [1.29, 1.82) is 0 Å². The van der Waals surface area contributed by atoms with Crippen LogP contribution >= 0.6 is 11.8 Å². The second-order valence-electron chi connectivity index (χ2n) is 7.16. The summed E-state index contributed by atoms with van der Waals surface area (Å²) >= 11 is 1.48. The van der Waals surface area contributed by atoms with Gasteiger partial charge in [-0.1, -0.05) is 12.1 Å². The fourth-order valence-corrected chi connectivity index (χ4v) is 4.15. The summed E-state index contributed by atoms with van der Waals surface area (Å²) in [5, 5.41) is 3.58. The van der Waals surface area contributed by atoms with E-state index in [0.717, 1.165) is 16.3 Å². The molecule has 1 N–H and O–H groups in total.